The summed E-state index contributed by atoms with van der Waals surface area (Å²) in [5.74, 6) is -1.81. The summed E-state index contributed by atoms with van der Waals surface area (Å²) in [6.07, 6.45) is 1.88. The second-order valence-electron chi connectivity index (χ2n) is 5.32. The molecule has 0 aliphatic rings. The van der Waals surface area contributed by atoms with Crippen molar-refractivity contribution >= 4 is 11.9 Å². The van der Waals surface area contributed by atoms with Gasteiger partial charge in [-0.2, -0.15) is 0 Å². The first kappa shape index (κ1) is 15.1. The summed E-state index contributed by atoms with van der Waals surface area (Å²) in [4.78, 5) is 26.3. The number of carboxylic acids is 1. The monoisotopic (exact) mass is 266 g/mol. The van der Waals surface area contributed by atoms with Crippen LogP contribution in [-0.2, 0) is 9.53 Å². The van der Waals surface area contributed by atoms with Crippen molar-refractivity contribution in [1.29, 1.82) is 0 Å². The van der Waals surface area contributed by atoms with Crippen LogP contribution in [0.15, 0.2) is 24.5 Å². The number of likely N-dealkylation sites (N-methyl/N-ethyl adjacent to an activating group) is 1. The van der Waals surface area contributed by atoms with Crippen LogP contribution in [0.3, 0.4) is 0 Å². The van der Waals surface area contributed by atoms with E-state index in [1.165, 1.54) is 6.20 Å². The summed E-state index contributed by atoms with van der Waals surface area (Å²) in [5.41, 5.74) is 0.298. The van der Waals surface area contributed by atoms with Crippen LogP contribution in [0.4, 0.5) is 0 Å². The maximum Gasteiger partial charge on any atom is 0.340 e. The molecule has 104 valence electrons. The van der Waals surface area contributed by atoms with Gasteiger partial charge in [0, 0.05) is 24.8 Å². The van der Waals surface area contributed by atoms with Crippen molar-refractivity contribution in [3.05, 3.63) is 30.1 Å². The van der Waals surface area contributed by atoms with Crippen LogP contribution >= 0.6 is 0 Å². The van der Waals surface area contributed by atoms with E-state index in [1.54, 1.807) is 18.3 Å². The first-order valence-corrected chi connectivity index (χ1v) is 5.89. The molecule has 1 heterocycles. The summed E-state index contributed by atoms with van der Waals surface area (Å²) in [7, 11) is 5.67. The Labute approximate surface area is 112 Å². The van der Waals surface area contributed by atoms with Crippen LogP contribution in [0.1, 0.15) is 16.8 Å². The third kappa shape index (κ3) is 5.96. The number of rotatable bonds is 6. The lowest BCUT2D eigenvalue weighted by atomic mass is 10.2. The van der Waals surface area contributed by atoms with E-state index < -0.39 is 18.0 Å². The molecular weight excluding hydrogens is 248 g/mol. The molecule has 1 aromatic rings. The van der Waals surface area contributed by atoms with Gasteiger partial charge in [-0.25, -0.2) is 4.79 Å². The lowest BCUT2D eigenvalue weighted by Gasteiger charge is -2.29. The Bertz CT molecular complexity index is 440. The van der Waals surface area contributed by atoms with Crippen molar-refractivity contribution in [2.45, 2.75) is 12.5 Å². The van der Waals surface area contributed by atoms with E-state index in [9.17, 15) is 14.7 Å². The summed E-state index contributed by atoms with van der Waals surface area (Å²) >= 11 is 0. The van der Waals surface area contributed by atoms with E-state index in [1.807, 2.05) is 21.1 Å². The minimum atomic E-state index is -1.24. The average molecular weight is 266 g/mol. The van der Waals surface area contributed by atoms with Gasteiger partial charge in [0.15, 0.2) is 6.10 Å². The van der Waals surface area contributed by atoms with Crippen LogP contribution < -0.4 is 5.11 Å². The van der Waals surface area contributed by atoms with E-state index >= 15 is 0 Å². The Hall–Kier alpha value is -1.95. The van der Waals surface area contributed by atoms with Crippen molar-refractivity contribution in [1.82, 2.24) is 4.98 Å². The molecular formula is C13H18N2O4. The van der Waals surface area contributed by atoms with Crippen molar-refractivity contribution in [3.63, 3.8) is 0 Å². The Morgan fingerprint density at radius 3 is 2.58 bits per heavy atom. The molecule has 0 saturated heterocycles. The zero-order valence-corrected chi connectivity index (χ0v) is 11.3. The van der Waals surface area contributed by atoms with Gasteiger partial charge in [-0.05, 0) is 12.1 Å². The van der Waals surface area contributed by atoms with Crippen LogP contribution in [0.5, 0.6) is 0 Å². The smallest absolute Gasteiger partial charge is 0.340 e. The number of esters is 1. The standard InChI is InChI=1S/C13H18N2O4/c1-15(2,3)9-11(7-12(16)17)19-13(18)10-5-4-6-14-8-10/h4-6,8,11H,7,9H2,1-3H3. The van der Waals surface area contributed by atoms with Gasteiger partial charge in [0.2, 0.25) is 0 Å². The van der Waals surface area contributed by atoms with Crippen LogP contribution in [0.2, 0.25) is 0 Å². The van der Waals surface area contributed by atoms with Gasteiger partial charge >= 0.3 is 5.97 Å². The normalized spacial score (nSPS) is 12.8. The third-order valence-corrected chi connectivity index (χ3v) is 2.32. The lowest BCUT2D eigenvalue weighted by molar-refractivity contribution is -0.873. The summed E-state index contributed by atoms with van der Waals surface area (Å²) < 4.78 is 5.69. The van der Waals surface area contributed by atoms with Gasteiger partial charge in [-0.15, -0.1) is 0 Å². The van der Waals surface area contributed by atoms with Gasteiger partial charge in [0.1, 0.15) is 6.54 Å². The Balaban J connectivity index is 2.72. The second-order valence-corrected chi connectivity index (χ2v) is 5.32. The Kier molecular flexibility index (Phi) is 5.00. The third-order valence-electron chi connectivity index (χ3n) is 2.32. The Morgan fingerprint density at radius 2 is 2.11 bits per heavy atom. The molecule has 0 spiro atoms. The average Bonchev–Trinajstić information content (AvgIpc) is 2.26. The number of ether oxygens (including phenoxy) is 1. The molecule has 0 N–H and O–H groups in total. The number of aliphatic carboxylic acids is 1. The molecule has 0 fully saturated rings. The largest absolute Gasteiger partial charge is 0.550 e. The van der Waals surface area contributed by atoms with Crippen molar-refractivity contribution < 1.29 is 23.9 Å². The van der Waals surface area contributed by atoms with Gasteiger partial charge in [0.05, 0.1) is 26.7 Å². The zero-order chi connectivity index (χ0) is 14.5. The fourth-order valence-corrected chi connectivity index (χ4v) is 1.64. The minimum absolute atomic E-state index is 0.298. The number of quaternary nitrogens is 1. The molecule has 1 aromatic heterocycles. The van der Waals surface area contributed by atoms with Crippen molar-refractivity contribution in [3.8, 4) is 0 Å². The highest BCUT2D eigenvalue weighted by atomic mass is 16.5. The van der Waals surface area contributed by atoms with Crippen LogP contribution in [0, 0.1) is 0 Å². The molecule has 1 atom stereocenters. The van der Waals surface area contributed by atoms with Gasteiger partial charge in [-0.1, -0.05) is 0 Å². The van der Waals surface area contributed by atoms with Gasteiger partial charge in [-0.3, -0.25) is 4.98 Å². The van der Waals surface area contributed by atoms with Crippen LogP contribution in [0.25, 0.3) is 0 Å². The first-order chi connectivity index (χ1) is 8.78. The quantitative estimate of drug-likeness (QED) is 0.510. The number of carboxylic acid groups (broad SMARTS) is 1. The van der Waals surface area contributed by atoms with E-state index in [4.69, 9.17) is 4.74 Å². The number of aromatic nitrogens is 1. The molecule has 0 saturated carbocycles. The van der Waals surface area contributed by atoms with E-state index in [2.05, 4.69) is 4.98 Å². The summed E-state index contributed by atoms with van der Waals surface area (Å²) in [5, 5.41) is 10.7. The highest BCUT2D eigenvalue weighted by Crippen LogP contribution is 2.08. The maximum atomic E-state index is 11.8. The zero-order valence-electron chi connectivity index (χ0n) is 11.3. The molecule has 6 nitrogen and oxygen atoms in total. The van der Waals surface area contributed by atoms with Gasteiger partial charge < -0.3 is 19.1 Å². The SMILES string of the molecule is C[N+](C)(C)CC(CC(=O)[O-])OC(=O)c1cccnc1. The van der Waals surface area contributed by atoms with Crippen molar-refractivity contribution in [2.75, 3.05) is 27.7 Å². The molecule has 1 unspecified atom stereocenters. The molecule has 1 rings (SSSR count). The predicted molar refractivity (Wildman–Crippen MR) is 66.0 cm³/mol. The number of pyridine rings is 1. The van der Waals surface area contributed by atoms with Crippen molar-refractivity contribution in [2.24, 2.45) is 0 Å². The van der Waals surface area contributed by atoms with E-state index in [0.29, 0.717) is 16.6 Å². The molecule has 0 aliphatic carbocycles. The van der Waals surface area contributed by atoms with E-state index in [0.717, 1.165) is 0 Å². The molecule has 6 heteroatoms. The lowest BCUT2D eigenvalue weighted by Crippen LogP contribution is -2.45. The Morgan fingerprint density at radius 1 is 1.42 bits per heavy atom. The number of nitrogens with zero attached hydrogens (tertiary/aromatic N) is 2. The molecule has 0 bridgehead atoms. The molecule has 0 amide bonds. The molecule has 19 heavy (non-hydrogen) atoms. The topological polar surface area (TPSA) is 79.3 Å². The maximum absolute atomic E-state index is 11.8. The van der Waals surface area contributed by atoms with Crippen LogP contribution in [-0.4, -0.2) is 55.2 Å². The highest BCUT2D eigenvalue weighted by molar-refractivity contribution is 5.89. The minimum Gasteiger partial charge on any atom is -0.550 e. The number of hydrogen-bond acceptors (Lipinski definition) is 5. The predicted octanol–water partition coefficient (Wildman–Crippen LogP) is -0.547. The van der Waals surface area contributed by atoms with Gasteiger partial charge in [0.25, 0.3) is 0 Å². The highest BCUT2D eigenvalue weighted by Gasteiger charge is 2.23. The fourth-order valence-electron chi connectivity index (χ4n) is 1.64. The summed E-state index contributed by atoms with van der Waals surface area (Å²) in [6, 6.07) is 3.18. The summed E-state index contributed by atoms with van der Waals surface area (Å²) in [6.45, 7) is 0.389. The fraction of sp³-hybridized carbons (Fsp3) is 0.462. The number of carbonyl (C=O) groups excluding carboxylic acids is 2. The molecule has 0 aromatic carbocycles. The second kappa shape index (κ2) is 6.29. The molecule has 0 radical (unpaired) electrons. The molecule has 0 aliphatic heterocycles. The van der Waals surface area contributed by atoms with E-state index in [-0.39, 0.29) is 6.42 Å². The first-order valence-electron chi connectivity index (χ1n) is 5.89. The number of carbonyl (C=O) groups is 2. The number of hydrogen-bond donors (Lipinski definition) is 0.